The maximum atomic E-state index is 5.78. The maximum Gasteiger partial charge on any atom is 0.0266 e. The van der Waals surface area contributed by atoms with Gasteiger partial charge >= 0.3 is 0 Å². The summed E-state index contributed by atoms with van der Waals surface area (Å²) in [6, 6.07) is 8.72. The molecule has 14 heavy (non-hydrogen) atoms. The minimum absolute atomic E-state index is 0.143. The van der Waals surface area contributed by atoms with Crippen molar-refractivity contribution >= 4 is 11.8 Å². The van der Waals surface area contributed by atoms with Crippen LogP contribution in [0.1, 0.15) is 38.3 Å². The van der Waals surface area contributed by atoms with Crippen molar-refractivity contribution in [3.63, 3.8) is 0 Å². The highest BCUT2D eigenvalue weighted by Gasteiger charge is 1.98. The number of hydrogen-bond donors (Lipinski definition) is 1. The first kappa shape index (κ1) is 11.6. The SMILES string of the molecule is CCCCSc1ccc(C(C)N)cc1. The second-order valence-corrected chi connectivity index (χ2v) is 4.73. The Balaban J connectivity index is 2.47. The molecule has 1 rings (SSSR count). The summed E-state index contributed by atoms with van der Waals surface area (Å²) in [6.45, 7) is 4.24. The van der Waals surface area contributed by atoms with Crippen LogP contribution in [0.25, 0.3) is 0 Å². The molecular formula is C12H19NS. The van der Waals surface area contributed by atoms with Crippen LogP contribution in [-0.2, 0) is 0 Å². The smallest absolute Gasteiger partial charge is 0.0266 e. The van der Waals surface area contributed by atoms with Gasteiger partial charge in [0.2, 0.25) is 0 Å². The van der Waals surface area contributed by atoms with Gasteiger partial charge in [-0.15, -0.1) is 11.8 Å². The van der Waals surface area contributed by atoms with Crippen LogP contribution in [0.5, 0.6) is 0 Å². The number of unbranched alkanes of at least 4 members (excludes halogenated alkanes) is 1. The van der Waals surface area contributed by atoms with Gasteiger partial charge in [-0.1, -0.05) is 25.5 Å². The van der Waals surface area contributed by atoms with E-state index in [1.165, 1.54) is 29.1 Å². The van der Waals surface area contributed by atoms with Crippen molar-refractivity contribution < 1.29 is 0 Å². The van der Waals surface area contributed by atoms with Crippen LogP contribution in [0, 0.1) is 0 Å². The Bertz CT molecular complexity index is 254. The predicted octanol–water partition coefficient (Wildman–Crippen LogP) is 3.60. The molecule has 0 saturated heterocycles. The maximum absolute atomic E-state index is 5.78. The molecule has 1 atom stereocenters. The zero-order valence-electron chi connectivity index (χ0n) is 8.99. The molecule has 1 aromatic carbocycles. The normalized spacial score (nSPS) is 12.8. The van der Waals surface area contributed by atoms with Crippen molar-refractivity contribution in [2.24, 2.45) is 5.73 Å². The summed E-state index contributed by atoms with van der Waals surface area (Å²) in [6.07, 6.45) is 2.56. The van der Waals surface area contributed by atoms with E-state index in [0.717, 1.165) is 0 Å². The summed E-state index contributed by atoms with van der Waals surface area (Å²) in [5.41, 5.74) is 6.99. The van der Waals surface area contributed by atoms with Gasteiger partial charge in [-0.3, -0.25) is 0 Å². The molecule has 0 aliphatic rings. The van der Waals surface area contributed by atoms with Crippen molar-refractivity contribution in [2.45, 2.75) is 37.6 Å². The van der Waals surface area contributed by atoms with E-state index in [9.17, 15) is 0 Å². The van der Waals surface area contributed by atoms with E-state index in [2.05, 4.69) is 31.2 Å². The molecule has 1 unspecified atom stereocenters. The average Bonchev–Trinajstić information content (AvgIpc) is 2.19. The monoisotopic (exact) mass is 209 g/mol. The molecule has 0 spiro atoms. The number of nitrogens with two attached hydrogens (primary N) is 1. The van der Waals surface area contributed by atoms with E-state index in [4.69, 9.17) is 5.73 Å². The summed E-state index contributed by atoms with van der Waals surface area (Å²) in [5, 5.41) is 0. The van der Waals surface area contributed by atoms with Gasteiger partial charge in [0.1, 0.15) is 0 Å². The minimum atomic E-state index is 0.143. The third-order valence-electron chi connectivity index (χ3n) is 2.17. The van der Waals surface area contributed by atoms with Gasteiger partial charge in [0.05, 0.1) is 0 Å². The third kappa shape index (κ3) is 3.72. The molecule has 1 nitrogen and oxygen atoms in total. The molecule has 0 aromatic heterocycles. The lowest BCUT2D eigenvalue weighted by Gasteiger charge is -2.06. The highest BCUT2D eigenvalue weighted by molar-refractivity contribution is 7.99. The molecule has 0 heterocycles. The standard InChI is InChI=1S/C12H19NS/c1-3-4-9-14-12-7-5-11(6-8-12)10(2)13/h5-8,10H,3-4,9,13H2,1-2H3. The minimum Gasteiger partial charge on any atom is -0.324 e. The Labute approximate surface area is 91.1 Å². The van der Waals surface area contributed by atoms with Gasteiger partial charge in [-0.05, 0) is 36.8 Å². The van der Waals surface area contributed by atoms with Gasteiger partial charge in [0, 0.05) is 10.9 Å². The number of thioether (sulfide) groups is 1. The molecule has 2 heteroatoms. The Hall–Kier alpha value is -0.470. The van der Waals surface area contributed by atoms with Gasteiger partial charge in [0.15, 0.2) is 0 Å². The first-order chi connectivity index (χ1) is 6.74. The quantitative estimate of drug-likeness (QED) is 0.592. The largest absolute Gasteiger partial charge is 0.324 e. The van der Waals surface area contributed by atoms with Crippen LogP contribution in [0.4, 0.5) is 0 Å². The van der Waals surface area contributed by atoms with Gasteiger partial charge in [-0.25, -0.2) is 0 Å². The van der Waals surface area contributed by atoms with Crippen molar-refractivity contribution in [3.05, 3.63) is 29.8 Å². The summed E-state index contributed by atoms with van der Waals surface area (Å²) >= 11 is 1.92. The van der Waals surface area contributed by atoms with Gasteiger partial charge < -0.3 is 5.73 Å². The summed E-state index contributed by atoms with van der Waals surface area (Å²) in [7, 11) is 0. The van der Waals surface area contributed by atoms with Crippen molar-refractivity contribution in [2.75, 3.05) is 5.75 Å². The Morgan fingerprint density at radius 1 is 1.29 bits per heavy atom. The molecule has 0 aliphatic carbocycles. The Morgan fingerprint density at radius 2 is 1.93 bits per heavy atom. The molecule has 2 N–H and O–H groups in total. The van der Waals surface area contributed by atoms with E-state index < -0.39 is 0 Å². The zero-order chi connectivity index (χ0) is 10.4. The van der Waals surface area contributed by atoms with E-state index in [1.807, 2.05) is 18.7 Å². The molecule has 0 fully saturated rings. The molecule has 0 aliphatic heterocycles. The van der Waals surface area contributed by atoms with Crippen molar-refractivity contribution in [3.8, 4) is 0 Å². The van der Waals surface area contributed by atoms with E-state index in [-0.39, 0.29) is 6.04 Å². The van der Waals surface area contributed by atoms with Crippen molar-refractivity contribution in [1.82, 2.24) is 0 Å². The van der Waals surface area contributed by atoms with Gasteiger partial charge in [0.25, 0.3) is 0 Å². The lowest BCUT2D eigenvalue weighted by Crippen LogP contribution is -2.04. The van der Waals surface area contributed by atoms with Crippen LogP contribution in [0.3, 0.4) is 0 Å². The van der Waals surface area contributed by atoms with E-state index >= 15 is 0 Å². The molecule has 0 radical (unpaired) electrons. The van der Waals surface area contributed by atoms with Crippen LogP contribution in [0.15, 0.2) is 29.2 Å². The highest BCUT2D eigenvalue weighted by Crippen LogP contribution is 2.21. The lowest BCUT2D eigenvalue weighted by molar-refractivity contribution is 0.817. The van der Waals surface area contributed by atoms with Gasteiger partial charge in [-0.2, -0.15) is 0 Å². The lowest BCUT2D eigenvalue weighted by atomic mass is 10.1. The molecular weight excluding hydrogens is 190 g/mol. The second-order valence-electron chi connectivity index (χ2n) is 3.56. The molecule has 78 valence electrons. The molecule has 0 saturated carbocycles. The zero-order valence-corrected chi connectivity index (χ0v) is 9.81. The number of benzene rings is 1. The van der Waals surface area contributed by atoms with E-state index in [1.54, 1.807) is 0 Å². The predicted molar refractivity (Wildman–Crippen MR) is 64.7 cm³/mol. The number of hydrogen-bond acceptors (Lipinski definition) is 2. The number of rotatable bonds is 5. The fraction of sp³-hybridized carbons (Fsp3) is 0.500. The van der Waals surface area contributed by atoms with Crippen molar-refractivity contribution in [1.29, 1.82) is 0 Å². The summed E-state index contributed by atoms with van der Waals surface area (Å²) < 4.78 is 0. The fourth-order valence-electron chi connectivity index (χ4n) is 1.20. The topological polar surface area (TPSA) is 26.0 Å². The first-order valence-electron chi connectivity index (χ1n) is 5.22. The van der Waals surface area contributed by atoms with Crippen LogP contribution < -0.4 is 5.73 Å². The third-order valence-corrected chi connectivity index (χ3v) is 3.27. The summed E-state index contributed by atoms with van der Waals surface area (Å²) in [5.74, 6) is 1.22. The average molecular weight is 209 g/mol. The first-order valence-corrected chi connectivity index (χ1v) is 6.21. The molecule has 1 aromatic rings. The van der Waals surface area contributed by atoms with Crippen LogP contribution in [-0.4, -0.2) is 5.75 Å². The van der Waals surface area contributed by atoms with Crippen LogP contribution in [0.2, 0.25) is 0 Å². The second kappa shape index (κ2) is 6.10. The summed E-state index contributed by atoms with van der Waals surface area (Å²) in [4.78, 5) is 1.35. The Kier molecular flexibility index (Phi) is 5.05. The molecule has 0 amide bonds. The van der Waals surface area contributed by atoms with E-state index in [0.29, 0.717) is 0 Å². The molecule has 0 bridgehead atoms. The highest BCUT2D eigenvalue weighted by atomic mass is 32.2. The van der Waals surface area contributed by atoms with Crippen LogP contribution >= 0.6 is 11.8 Å². The fourth-order valence-corrected chi connectivity index (χ4v) is 2.20. The Morgan fingerprint density at radius 3 is 2.43 bits per heavy atom.